The third-order valence-corrected chi connectivity index (χ3v) is 3.74. The van der Waals surface area contributed by atoms with Crippen LogP contribution in [0.4, 0.5) is 0 Å². The van der Waals surface area contributed by atoms with Crippen LogP contribution in [0.5, 0.6) is 0 Å². The lowest BCUT2D eigenvalue weighted by molar-refractivity contribution is 0.0641. The molecular weight excluding hydrogens is 278 g/mol. The van der Waals surface area contributed by atoms with E-state index >= 15 is 0 Å². The molecule has 0 unspecified atom stereocenters. The topological polar surface area (TPSA) is 55.2 Å². The van der Waals surface area contributed by atoms with Gasteiger partial charge in [-0.25, -0.2) is 4.98 Å². The number of pyridine rings is 2. The van der Waals surface area contributed by atoms with Gasteiger partial charge in [0.1, 0.15) is 11.2 Å². The molecule has 0 aliphatic rings. The molecule has 1 amide bonds. The first-order chi connectivity index (χ1) is 10.4. The smallest absolute Gasteiger partial charge is 0.265 e. The van der Waals surface area contributed by atoms with Crippen LogP contribution in [0, 0.1) is 0 Å². The fourth-order valence-electron chi connectivity index (χ4n) is 2.86. The monoisotopic (exact) mass is 301 g/mol. The molecule has 0 radical (unpaired) electrons. The summed E-state index contributed by atoms with van der Waals surface area (Å²) >= 11 is 0. The molecule has 2 aromatic rings. The van der Waals surface area contributed by atoms with Gasteiger partial charge >= 0.3 is 0 Å². The molecular formula is C17H23N3O2. The zero-order valence-corrected chi connectivity index (χ0v) is 13.8. The molecule has 0 fully saturated rings. The highest BCUT2D eigenvalue weighted by atomic mass is 16.2. The molecule has 0 N–H and O–H groups in total. The Morgan fingerprint density at radius 1 is 1.27 bits per heavy atom. The number of aryl methyl sites for hydroxylation is 1. The predicted octanol–water partition coefficient (Wildman–Crippen LogP) is 2.68. The van der Waals surface area contributed by atoms with E-state index in [1.807, 2.05) is 46.8 Å². The summed E-state index contributed by atoms with van der Waals surface area (Å²) in [5.41, 5.74) is 0.557. The molecule has 22 heavy (non-hydrogen) atoms. The summed E-state index contributed by atoms with van der Waals surface area (Å²) in [6, 6.07) is 5.42. The molecule has 2 aromatic heterocycles. The standard InChI is InChI=1S/C17H23N3O2/c1-6-19-15-13(8-7-9-18-15)10-14(16(19)21)17(22)20(11(2)3)12(4)5/h7-12H,6H2,1-5H3. The average Bonchev–Trinajstić information content (AvgIpc) is 2.45. The number of amides is 1. The zero-order valence-electron chi connectivity index (χ0n) is 13.8. The number of fused-ring (bicyclic) bond motifs is 1. The average molecular weight is 301 g/mol. The third-order valence-electron chi connectivity index (χ3n) is 3.74. The molecule has 0 saturated carbocycles. The fourth-order valence-corrected chi connectivity index (χ4v) is 2.86. The molecule has 0 saturated heterocycles. The Morgan fingerprint density at radius 2 is 1.91 bits per heavy atom. The summed E-state index contributed by atoms with van der Waals surface area (Å²) in [7, 11) is 0. The van der Waals surface area contributed by atoms with Crippen LogP contribution in [0.2, 0.25) is 0 Å². The van der Waals surface area contributed by atoms with E-state index in [4.69, 9.17) is 0 Å². The second-order valence-electron chi connectivity index (χ2n) is 5.92. The molecule has 0 aliphatic carbocycles. The number of nitrogens with zero attached hydrogens (tertiary/aromatic N) is 3. The van der Waals surface area contributed by atoms with Crippen molar-refractivity contribution in [1.82, 2.24) is 14.5 Å². The van der Waals surface area contributed by atoms with E-state index in [-0.39, 0.29) is 29.1 Å². The minimum Gasteiger partial charge on any atom is -0.334 e. The lowest BCUT2D eigenvalue weighted by Crippen LogP contribution is -2.44. The molecule has 2 rings (SSSR count). The second-order valence-corrected chi connectivity index (χ2v) is 5.92. The van der Waals surface area contributed by atoms with Crippen LogP contribution in [0.15, 0.2) is 29.2 Å². The third kappa shape index (κ3) is 2.75. The Balaban J connectivity index is 2.68. The van der Waals surface area contributed by atoms with Gasteiger partial charge < -0.3 is 4.90 Å². The van der Waals surface area contributed by atoms with E-state index < -0.39 is 0 Å². The van der Waals surface area contributed by atoms with Crippen LogP contribution in [0.25, 0.3) is 11.0 Å². The number of rotatable bonds is 4. The van der Waals surface area contributed by atoms with Gasteiger partial charge in [-0.05, 0) is 52.8 Å². The SMILES string of the molecule is CCn1c(=O)c(C(=O)N(C(C)C)C(C)C)cc2cccnc21. The van der Waals surface area contributed by atoms with E-state index in [0.29, 0.717) is 12.2 Å². The van der Waals surface area contributed by atoms with Crippen LogP contribution in [-0.4, -0.2) is 32.4 Å². The molecule has 0 atom stereocenters. The Hall–Kier alpha value is -2.17. The van der Waals surface area contributed by atoms with Gasteiger partial charge in [0.25, 0.3) is 11.5 Å². The van der Waals surface area contributed by atoms with Crippen LogP contribution >= 0.6 is 0 Å². The number of hydrogen-bond donors (Lipinski definition) is 0. The minimum atomic E-state index is -0.273. The second kappa shape index (κ2) is 6.30. The van der Waals surface area contributed by atoms with Crippen molar-refractivity contribution in [2.24, 2.45) is 0 Å². The van der Waals surface area contributed by atoms with Crippen LogP contribution in [0.1, 0.15) is 45.0 Å². The zero-order chi connectivity index (χ0) is 16.4. The van der Waals surface area contributed by atoms with Crippen LogP contribution in [0.3, 0.4) is 0 Å². The van der Waals surface area contributed by atoms with Gasteiger partial charge in [-0.3, -0.25) is 14.2 Å². The van der Waals surface area contributed by atoms with Crippen molar-refractivity contribution >= 4 is 16.9 Å². The summed E-state index contributed by atoms with van der Waals surface area (Å²) in [6.07, 6.45) is 1.66. The Morgan fingerprint density at radius 3 is 2.45 bits per heavy atom. The minimum absolute atomic E-state index is 0.0339. The van der Waals surface area contributed by atoms with Crippen molar-refractivity contribution < 1.29 is 4.79 Å². The maximum Gasteiger partial charge on any atom is 0.265 e. The first-order valence-electron chi connectivity index (χ1n) is 7.69. The van der Waals surface area contributed by atoms with Crippen LogP contribution < -0.4 is 5.56 Å². The van der Waals surface area contributed by atoms with Gasteiger partial charge in [-0.2, -0.15) is 0 Å². The van der Waals surface area contributed by atoms with E-state index in [1.165, 1.54) is 0 Å². The summed E-state index contributed by atoms with van der Waals surface area (Å²) < 4.78 is 1.56. The lowest BCUT2D eigenvalue weighted by Gasteiger charge is -2.30. The summed E-state index contributed by atoms with van der Waals surface area (Å²) in [4.78, 5) is 31.5. The summed E-state index contributed by atoms with van der Waals surface area (Å²) in [5.74, 6) is -0.219. The number of carbonyl (C=O) groups excluding carboxylic acids is 1. The maximum absolute atomic E-state index is 12.9. The van der Waals surface area contributed by atoms with Crippen LogP contribution in [-0.2, 0) is 6.54 Å². The van der Waals surface area contributed by atoms with Gasteiger partial charge in [-0.1, -0.05) is 0 Å². The number of aromatic nitrogens is 2. The van der Waals surface area contributed by atoms with E-state index in [2.05, 4.69) is 4.98 Å². The molecule has 2 heterocycles. The van der Waals surface area contributed by atoms with Gasteiger partial charge in [-0.15, -0.1) is 0 Å². The van der Waals surface area contributed by atoms with Crippen molar-refractivity contribution in [3.8, 4) is 0 Å². The van der Waals surface area contributed by atoms with Crippen molar-refractivity contribution in [2.75, 3.05) is 0 Å². The summed E-state index contributed by atoms with van der Waals surface area (Å²) in [6.45, 7) is 10.2. The quantitative estimate of drug-likeness (QED) is 0.872. The number of hydrogen-bond acceptors (Lipinski definition) is 3. The van der Waals surface area contributed by atoms with E-state index in [9.17, 15) is 9.59 Å². The van der Waals surface area contributed by atoms with Crippen molar-refractivity contribution in [3.63, 3.8) is 0 Å². The Labute approximate surface area is 130 Å². The molecule has 118 valence electrons. The molecule has 5 heteroatoms. The molecule has 0 aromatic carbocycles. The summed E-state index contributed by atoms with van der Waals surface area (Å²) in [5, 5.41) is 0.805. The van der Waals surface area contributed by atoms with Crippen molar-refractivity contribution in [2.45, 2.75) is 53.2 Å². The molecule has 5 nitrogen and oxygen atoms in total. The van der Waals surface area contributed by atoms with Gasteiger partial charge in [0.2, 0.25) is 0 Å². The maximum atomic E-state index is 12.9. The van der Waals surface area contributed by atoms with Crippen molar-refractivity contribution in [3.05, 3.63) is 40.3 Å². The highest BCUT2D eigenvalue weighted by Crippen LogP contribution is 2.15. The largest absolute Gasteiger partial charge is 0.334 e. The molecule has 0 spiro atoms. The first kappa shape index (κ1) is 16.2. The molecule has 0 aliphatic heterocycles. The normalized spacial score (nSPS) is 11.4. The highest BCUT2D eigenvalue weighted by molar-refractivity contribution is 5.97. The number of carbonyl (C=O) groups is 1. The lowest BCUT2D eigenvalue weighted by atomic mass is 10.1. The fraction of sp³-hybridized carbons (Fsp3) is 0.471. The predicted molar refractivity (Wildman–Crippen MR) is 88.1 cm³/mol. The molecule has 0 bridgehead atoms. The van der Waals surface area contributed by atoms with Gasteiger partial charge in [0.15, 0.2) is 0 Å². The van der Waals surface area contributed by atoms with E-state index in [0.717, 1.165) is 5.39 Å². The van der Waals surface area contributed by atoms with Gasteiger partial charge in [0.05, 0.1) is 0 Å². The Kier molecular flexibility index (Phi) is 4.64. The van der Waals surface area contributed by atoms with E-state index in [1.54, 1.807) is 21.7 Å². The first-order valence-corrected chi connectivity index (χ1v) is 7.69. The van der Waals surface area contributed by atoms with Crippen molar-refractivity contribution in [1.29, 1.82) is 0 Å². The highest BCUT2D eigenvalue weighted by Gasteiger charge is 2.25. The van der Waals surface area contributed by atoms with Gasteiger partial charge in [0, 0.05) is 30.2 Å². The Bertz CT molecular complexity index is 739.